The van der Waals surface area contributed by atoms with Crippen LogP contribution in [0.25, 0.3) is 0 Å². The normalized spacial score (nSPS) is 29.6. The van der Waals surface area contributed by atoms with Crippen LogP contribution in [-0.4, -0.2) is 38.3 Å². The van der Waals surface area contributed by atoms with Gasteiger partial charge in [0.1, 0.15) is 0 Å². The summed E-state index contributed by atoms with van der Waals surface area (Å²) in [5.41, 5.74) is 0. The highest BCUT2D eigenvalue weighted by molar-refractivity contribution is 5.76. The van der Waals surface area contributed by atoms with Crippen molar-refractivity contribution >= 4 is 5.91 Å². The second kappa shape index (κ2) is 5.47. The molecular formula is C11H20N2O2. The van der Waals surface area contributed by atoms with Crippen molar-refractivity contribution in [2.45, 2.75) is 31.7 Å². The first kappa shape index (κ1) is 10.9. The van der Waals surface area contributed by atoms with Crippen LogP contribution in [0.5, 0.6) is 0 Å². The molecule has 0 aromatic heterocycles. The molecule has 2 N–H and O–H groups in total. The Hall–Kier alpha value is -0.610. The molecule has 15 heavy (non-hydrogen) atoms. The molecule has 0 radical (unpaired) electrons. The van der Waals surface area contributed by atoms with Gasteiger partial charge in [-0.1, -0.05) is 0 Å². The molecule has 0 aromatic carbocycles. The lowest BCUT2D eigenvalue weighted by molar-refractivity contribution is -0.120. The van der Waals surface area contributed by atoms with Crippen molar-refractivity contribution in [2.75, 3.05) is 26.3 Å². The molecule has 2 heterocycles. The topological polar surface area (TPSA) is 50.4 Å². The van der Waals surface area contributed by atoms with E-state index in [4.69, 9.17) is 4.74 Å². The number of nitrogens with one attached hydrogen (secondary N) is 2. The van der Waals surface area contributed by atoms with E-state index in [1.807, 2.05) is 0 Å². The Balaban J connectivity index is 1.75. The summed E-state index contributed by atoms with van der Waals surface area (Å²) in [6.45, 7) is 3.42. The zero-order valence-corrected chi connectivity index (χ0v) is 9.13. The molecule has 4 nitrogen and oxygen atoms in total. The maximum absolute atomic E-state index is 11.1. The van der Waals surface area contributed by atoms with Crippen LogP contribution in [0.15, 0.2) is 0 Å². The van der Waals surface area contributed by atoms with Crippen LogP contribution in [0.1, 0.15) is 25.7 Å². The van der Waals surface area contributed by atoms with E-state index in [0.29, 0.717) is 12.5 Å². The SMILES string of the molecule is O=C1CCNC(CC2CCOCC2)CN1. The fourth-order valence-electron chi connectivity index (χ4n) is 2.34. The quantitative estimate of drug-likeness (QED) is 0.691. The van der Waals surface area contributed by atoms with Crippen LogP contribution in [0.4, 0.5) is 0 Å². The largest absolute Gasteiger partial charge is 0.381 e. The summed E-state index contributed by atoms with van der Waals surface area (Å²) in [7, 11) is 0. The van der Waals surface area contributed by atoms with Gasteiger partial charge in [0.05, 0.1) is 0 Å². The van der Waals surface area contributed by atoms with Crippen molar-refractivity contribution in [1.29, 1.82) is 0 Å². The smallest absolute Gasteiger partial charge is 0.221 e. The van der Waals surface area contributed by atoms with Crippen molar-refractivity contribution in [3.8, 4) is 0 Å². The molecule has 2 fully saturated rings. The molecule has 0 spiro atoms. The highest BCUT2D eigenvalue weighted by Gasteiger charge is 2.21. The van der Waals surface area contributed by atoms with Crippen molar-refractivity contribution in [3.63, 3.8) is 0 Å². The molecule has 1 unspecified atom stereocenters. The Morgan fingerprint density at radius 3 is 2.93 bits per heavy atom. The fraction of sp³-hybridized carbons (Fsp3) is 0.909. The van der Waals surface area contributed by atoms with Crippen LogP contribution in [0, 0.1) is 5.92 Å². The molecule has 0 bridgehead atoms. The highest BCUT2D eigenvalue weighted by atomic mass is 16.5. The molecule has 4 heteroatoms. The van der Waals surface area contributed by atoms with Gasteiger partial charge in [0.2, 0.25) is 5.91 Å². The van der Waals surface area contributed by atoms with Gasteiger partial charge in [0, 0.05) is 38.8 Å². The zero-order chi connectivity index (χ0) is 10.5. The average Bonchev–Trinajstić information content (AvgIpc) is 2.46. The number of amides is 1. The maximum atomic E-state index is 11.1. The molecule has 2 aliphatic rings. The third kappa shape index (κ3) is 3.47. The van der Waals surface area contributed by atoms with Crippen LogP contribution in [0.2, 0.25) is 0 Å². The summed E-state index contributed by atoms with van der Waals surface area (Å²) in [5, 5.41) is 6.39. The summed E-state index contributed by atoms with van der Waals surface area (Å²) in [6.07, 6.45) is 4.13. The predicted octanol–water partition coefficient (Wildman–Crippen LogP) is 0.281. The van der Waals surface area contributed by atoms with E-state index < -0.39 is 0 Å². The van der Waals surface area contributed by atoms with Crippen LogP contribution < -0.4 is 10.6 Å². The van der Waals surface area contributed by atoms with Crippen LogP contribution >= 0.6 is 0 Å². The molecule has 0 aliphatic carbocycles. The van der Waals surface area contributed by atoms with E-state index in [1.54, 1.807) is 0 Å². The Labute approximate surface area is 90.8 Å². The lowest BCUT2D eigenvalue weighted by atomic mass is 9.92. The minimum absolute atomic E-state index is 0.178. The van der Waals surface area contributed by atoms with Crippen molar-refractivity contribution < 1.29 is 9.53 Å². The summed E-state index contributed by atoms with van der Waals surface area (Å²) in [4.78, 5) is 11.1. The number of carbonyl (C=O) groups is 1. The van der Waals surface area contributed by atoms with E-state index in [9.17, 15) is 4.79 Å². The molecular weight excluding hydrogens is 192 g/mol. The summed E-state index contributed by atoms with van der Waals surface area (Å²) < 4.78 is 5.34. The Morgan fingerprint density at radius 2 is 2.13 bits per heavy atom. The van der Waals surface area contributed by atoms with Crippen molar-refractivity contribution in [1.82, 2.24) is 10.6 Å². The Morgan fingerprint density at radius 1 is 1.33 bits per heavy atom. The Bertz CT molecular complexity index is 215. The van der Waals surface area contributed by atoms with E-state index in [1.165, 1.54) is 19.3 Å². The molecule has 2 saturated heterocycles. The van der Waals surface area contributed by atoms with Gasteiger partial charge in [-0.3, -0.25) is 4.79 Å². The van der Waals surface area contributed by atoms with Gasteiger partial charge in [-0.2, -0.15) is 0 Å². The van der Waals surface area contributed by atoms with E-state index in [-0.39, 0.29) is 5.91 Å². The predicted molar refractivity (Wildman–Crippen MR) is 57.6 cm³/mol. The highest BCUT2D eigenvalue weighted by Crippen LogP contribution is 2.20. The summed E-state index contributed by atoms with van der Waals surface area (Å²) in [6, 6.07) is 0.458. The van der Waals surface area contributed by atoms with Gasteiger partial charge < -0.3 is 15.4 Å². The average molecular weight is 212 g/mol. The molecule has 86 valence electrons. The molecule has 1 amide bonds. The lowest BCUT2D eigenvalue weighted by Gasteiger charge is -2.26. The zero-order valence-electron chi connectivity index (χ0n) is 9.13. The number of hydrogen-bond acceptors (Lipinski definition) is 3. The van der Waals surface area contributed by atoms with Gasteiger partial charge in [-0.25, -0.2) is 0 Å². The summed E-state index contributed by atoms with van der Waals surface area (Å²) >= 11 is 0. The second-order valence-corrected chi connectivity index (χ2v) is 4.50. The minimum atomic E-state index is 0.178. The molecule has 1 atom stereocenters. The van der Waals surface area contributed by atoms with E-state index >= 15 is 0 Å². The summed E-state index contributed by atoms with van der Waals surface area (Å²) in [5.74, 6) is 0.947. The fourth-order valence-corrected chi connectivity index (χ4v) is 2.34. The van der Waals surface area contributed by atoms with Crippen LogP contribution in [-0.2, 0) is 9.53 Å². The van der Waals surface area contributed by atoms with E-state index in [0.717, 1.165) is 32.2 Å². The lowest BCUT2D eigenvalue weighted by Crippen LogP contribution is -2.38. The number of carbonyl (C=O) groups excluding carboxylic acids is 1. The molecule has 0 saturated carbocycles. The number of rotatable bonds is 2. The third-order valence-electron chi connectivity index (χ3n) is 3.29. The van der Waals surface area contributed by atoms with Crippen molar-refractivity contribution in [3.05, 3.63) is 0 Å². The van der Waals surface area contributed by atoms with Gasteiger partial charge in [-0.15, -0.1) is 0 Å². The minimum Gasteiger partial charge on any atom is -0.381 e. The van der Waals surface area contributed by atoms with Gasteiger partial charge in [-0.05, 0) is 25.2 Å². The monoisotopic (exact) mass is 212 g/mol. The van der Waals surface area contributed by atoms with Crippen molar-refractivity contribution in [2.24, 2.45) is 5.92 Å². The maximum Gasteiger partial charge on any atom is 0.221 e. The Kier molecular flexibility index (Phi) is 3.97. The first-order valence-corrected chi connectivity index (χ1v) is 5.92. The van der Waals surface area contributed by atoms with Gasteiger partial charge in [0.15, 0.2) is 0 Å². The number of hydrogen-bond donors (Lipinski definition) is 2. The number of ether oxygens (including phenoxy) is 1. The second-order valence-electron chi connectivity index (χ2n) is 4.50. The van der Waals surface area contributed by atoms with Crippen LogP contribution in [0.3, 0.4) is 0 Å². The van der Waals surface area contributed by atoms with E-state index in [2.05, 4.69) is 10.6 Å². The first-order chi connectivity index (χ1) is 7.34. The van der Waals surface area contributed by atoms with Gasteiger partial charge >= 0.3 is 0 Å². The molecule has 2 rings (SSSR count). The standard InChI is InChI=1S/C11H20N2O2/c14-11-1-4-12-10(8-13-11)7-9-2-5-15-6-3-9/h9-10,12H,1-8H2,(H,13,14). The van der Waals surface area contributed by atoms with Gasteiger partial charge in [0.25, 0.3) is 0 Å². The third-order valence-corrected chi connectivity index (χ3v) is 3.29. The first-order valence-electron chi connectivity index (χ1n) is 5.92. The molecule has 2 aliphatic heterocycles. The molecule has 0 aromatic rings.